The number of ether oxygens (including phenoxy) is 9. The lowest BCUT2D eigenvalue weighted by Gasteiger charge is -2.42. The zero-order valence-electron chi connectivity index (χ0n) is 73.5. The number of carboxylic acid groups (broad SMARTS) is 1. The lowest BCUT2D eigenvalue weighted by Crippen LogP contribution is -2.64. The fourth-order valence-corrected chi connectivity index (χ4v) is 15.4. The standard InChI is InChI=1S/C82H144N7O35PS/c1-54(93)86-69-75(108)72(105)61(48-90)122-79(69)118-39-20-15-29-57(96)25-10-7-12-27-59(98)33-43-115-51-82(89-67(102)32-14-9-18-36-85-78(111)64(47-68(103)104)126-46-23-6-5-19-42-121-125(112,113)114-4,52-116-44-34-60(99)28-13-8-11-26-58(97)30-16-21-40-119-80-70(87-55(2)94)76(109)73(106)62(49-91)123-80)53-117-45-35-66(101)84-38-24-37-83-65(100)31-17-22-41-120-81-71(88-56(3)95)77(110)74(107)63(50-92)124-81/h61-64,69-77,79-81,90-92,105-110H,5-53H2,1-4H3,(H,83,100)(H,84,101)(H,85,111)(H,86,93)(H,87,94)(H,88,95)(H,89,102)(H,103,104)(H,112,113). The highest BCUT2D eigenvalue weighted by molar-refractivity contribution is 8.00. The number of aliphatic hydroxyl groups excluding tert-OH is 9. The van der Waals surface area contributed by atoms with Crippen LogP contribution in [0.15, 0.2) is 0 Å². The molecule has 42 nitrogen and oxygen atoms in total. The van der Waals surface area contributed by atoms with Crippen LogP contribution < -0.4 is 37.2 Å². The Bertz CT molecular complexity index is 2990. The first kappa shape index (κ1) is 114. The Labute approximate surface area is 741 Å². The number of aliphatic hydroxyl groups is 9. The van der Waals surface area contributed by atoms with Gasteiger partial charge in [-0.3, -0.25) is 66.6 Å². The van der Waals surface area contributed by atoms with Crippen molar-refractivity contribution >= 4 is 90.0 Å². The van der Waals surface area contributed by atoms with Crippen molar-refractivity contribution in [2.45, 2.75) is 329 Å². The van der Waals surface area contributed by atoms with Gasteiger partial charge >= 0.3 is 13.8 Å². The SMILES string of the molecule is COP(=O)(O)OCCCCCCSC(CC(=O)O)C(=O)NCCCCCC(=O)NC(COCCC(=O)CCCCCC(=O)CCCCOC1OC(CO)C(O)C(O)C1NC(C)=O)(COCCC(=O)CCCCCC(=O)CCCCOC1OC(CO)C(O)C(O)C1NC(C)=O)COCCC(=O)NCCCNC(=O)CCCCOC1OC(CO)C(O)C(O)C1NC(C)=O. The third-order valence-electron chi connectivity index (χ3n) is 20.9. The van der Waals surface area contributed by atoms with Gasteiger partial charge in [0.1, 0.15) is 102 Å². The van der Waals surface area contributed by atoms with E-state index in [1.165, 1.54) is 32.5 Å². The third-order valence-corrected chi connectivity index (χ3v) is 23.1. The van der Waals surface area contributed by atoms with E-state index in [0.717, 1.165) is 7.11 Å². The van der Waals surface area contributed by atoms with Crippen molar-refractivity contribution in [1.29, 1.82) is 0 Å². The van der Waals surface area contributed by atoms with Gasteiger partial charge in [0.15, 0.2) is 18.9 Å². The lowest BCUT2D eigenvalue weighted by atomic mass is 9.97. The van der Waals surface area contributed by atoms with Crippen LogP contribution in [0.1, 0.15) is 226 Å². The smallest absolute Gasteiger partial charge is 0.471 e. The molecule has 3 aliphatic heterocycles. The zero-order valence-corrected chi connectivity index (χ0v) is 75.2. The molecule has 7 amide bonds. The van der Waals surface area contributed by atoms with Gasteiger partial charge in [-0.05, 0) is 102 Å². The summed E-state index contributed by atoms with van der Waals surface area (Å²) < 4.78 is 73.1. The van der Waals surface area contributed by atoms with Crippen molar-refractivity contribution in [2.75, 3.05) is 118 Å². The quantitative estimate of drug-likeness (QED) is 0.0278. The minimum atomic E-state index is -4.08. The maximum absolute atomic E-state index is 14.1. The molecule has 0 radical (unpaired) electrons. The lowest BCUT2D eigenvalue weighted by molar-refractivity contribution is -0.270. The highest BCUT2D eigenvalue weighted by Crippen LogP contribution is 2.42. The molecule has 0 bridgehead atoms. The van der Waals surface area contributed by atoms with Crippen LogP contribution in [0.25, 0.3) is 0 Å². The Morgan fingerprint density at radius 2 is 0.730 bits per heavy atom. The van der Waals surface area contributed by atoms with Crippen LogP contribution in [0.2, 0.25) is 0 Å². The van der Waals surface area contributed by atoms with E-state index in [9.17, 15) is 118 Å². The van der Waals surface area contributed by atoms with Gasteiger partial charge in [0.2, 0.25) is 41.4 Å². The van der Waals surface area contributed by atoms with Crippen molar-refractivity contribution in [3.8, 4) is 0 Å². The van der Waals surface area contributed by atoms with E-state index < -0.39 is 178 Å². The molecule has 0 saturated carbocycles. The van der Waals surface area contributed by atoms with Crippen LogP contribution in [-0.4, -0.2) is 348 Å². The third kappa shape index (κ3) is 49.4. The second-order valence-corrected chi connectivity index (χ2v) is 34.7. The van der Waals surface area contributed by atoms with E-state index in [2.05, 4.69) is 41.7 Å². The van der Waals surface area contributed by atoms with Gasteiger partial charge in [-0.2, -0.15) is 0 Å². The van der Waals surface area contributed by atoms with Crippen molar-refractivity contribution < 1.29 is 170 Å². The number of hydrogen-bond donors (Lipinski definition) is 18. The molecule has 17 atom stereocenters. The highest BCUT2D eigenvalue weighted by Gasteiger charge is 2.48. The monoisotopic (exact) mass is 1850 g/mol. The number of aliphatic carboxylic acids is 1. The molecule has 0 aromatic heterocycles. The molecular formula is C82H144N7O35PS. The van der Waals surface area contributed by atoms with Crippen LogP contribution in [0, 0.1) is 0 Å². The van der Waals surface area contributed by atoms with Gasteiger partial charge in [-0.15, -0.1) is 11.8 Å². The second-order valence-electron chi connectivity index (χ2n) is 31.8. The number of carboxylic acids is 1. The van der Waals surface area contributed by atoms with E-state index in [1.807, 2.05) is 0 Å². The van der Waals surface area contributed by atoms with Gasteiger partial charge in [0.25, 0.3) is 0 Å². The van der Waals surface area contributed by atoms with Crippen molar-refractivity contribution in [2.24, 2.45) is 0 Å². The zero-order chi connectivity index (χ0) is 93.2. The first-order valence-electron chi connectivity index (χ1n) is 44.0. The molecule has 3 saturated heterocycles. The summed E-state index contributed by atoms with van der Waals surface area (Å²) in [4.78, 5) is 162. The molecule has 3 fully saturated rings. The number of unbranched alkanes of at least 4 members (excludes halogenated alkanes) is 12. The van der Waals surface area contributed by atoms with Crippen molar-refractivity contribution in [1.82, 2.24) is 37.2 Å². The van der Waals surface area contributed by atoms with E-state index in [-0.39, 0.29) is 185 Å². The maximum atomic E-state index is 14.1. The number of phosphoric ester groups is 1. The molecule has 18 N–H and O–H groups in total. The van der Waals surface area contributed by atoms with E-state index in [0.29, 0.717) is 134 Å². The van der Waals surface area contributed by atoms with Crippen molar-refractivity contribution in [3.63, 3.8) is 0 Å². The Hall–Kier alpha value is -5.82. The molecule has 17 unspecified atom stereocenters. The van der Waals surface area contributed by atoms with Gasteiger partial charge < -0.3 is 136 Å². The van der Waals surface area contributed by atoms with E-state index in [4.69, 9.17) is 47.2 Å². The average Bonchev–Trinajstić information content (AvgIpc) is 0.814. The van der Waals surface area contributed by atoms with E-state index in [1.54, 1.807) is 0 Å². The minimum absolute atomic E-state index is 0.00292. The summed E-state index contributed by atoms with van der Waals surface area (Å²) >= 11 is 1.20. The van der Waals surface area contributed by atoms with Crippen LogP contribution in [0.3, 0.4) is 0 Å². The molecule has 0 aromatic carbocycles. The fraction of sp³-hybridized carbons (Fsp3) is 0.854. The maximum Gasteiger partial charge on any atom is 0.471 e. The number of carbonyl (C=O) groups excluding carboxylic acids is 11. The molecule has 728 valence electrons. The first-order chi connectivity index (χ1) is 60.2. The second kappa shape index (κ2) is 66.5. The molecule has 3 aliphatic rings. The van der Waals surface area contributed by atoms with E-state index >= 15 is 0 Å². The summed E-state index contributed by atoms with van der Waals surface area (Å²) in [7, 11) is -3.02. The number of rotatable bonds is 75. The summed E-state index contributed by atoms with van der Waals surface area (Å²) in [5, 5.41) is 119. The molecule has 126 heavy (non-hydrogen) atoms. The number of Topliss-reactive ketones (excluding diaryl/α,β-unsaturated/α-hetero) is 4. The number of carbonyl (C=O) groups is 12. The Kier molecular flexibility index (Phi) is 60.4. The molecule has 3 heterocycles. The number of thioether (sulfide) groups is 1. The molecule has 0 aromatic rings. The Balaban J connectivity index is 1.64. The predicted octanol–water partition coefficient (Wildman–Crippen LogP) is -0.170. The number of hydrogen-bond acceptors (Lipinski definition) is 34. The van der Waals surface area contributed by atoms with Crippen LogP contribution in [0.5, 0.6) is 0 Å². The first-order valence-corrected chi connectivity index (χ1v) is 46.6. The van der Waals surface area contributed by atoms with Crippen molar-refractivity contribution in [3.05, 3.63) is 0 Å². The average molecular weight is 1850 g/mol. The number of nitrogens with one attached hydrogen (secondary N) is 7. The van der Waals surface area contributed by atoms with Gasteiger partial charge in [-0.25, -0.2) is 4.57 Å². The molecular weight excluding hydrogens is 1710 g/mol. The summed E-state index contributed by atoms with van der Waals surface area (Å²) in [5.74, 6) is -4.03. The summed E-state index contributed by atoms with van der Waals surface area (Å²) in [5.41, 5.74) is -1.48. The number of ketones is 4. The predicted molar refractivity (Wildman–Crippen MR) is 451 cm³/mol. The normalized spacial score (nSPS) is 23.6. The van der Waals surface area contributed by atoms with Gasteiger partial charge in [0, 0.05) is 138 Å². The molecule has 0 spiro atoms. The van der Waals surface area contributed by atoms with Gasteiger partial charge in [0.05, 0.1) is 77.7 Å². The molecule has 44 heteroatoms. The Morgan fingerprint density at radius 1 is 0.397 bits per heavy atom. The topological polar surface area (TPSA) is 630 Å². The summed E-state index contributed by atoms with van der Waals surface area (Å²) in [6.45, 7) is 1.53. The number of amides is 7. The molecule has 0 aliphatic carbocycles. The fourth-order valence-electron chi connectivity index (χ4n) is 13.8. The Morgan fingerprint density at radius 3 is 1.13 bits per heavy atom. The van der Waals surface area contributed by atoms with Crippen LogP contribution in [-0.2, 0) is 114 Å². The van der Waals surface area contributed by atoms with Crippen LogP contribution in [0.4, 0.5) is 0 Å². The summed E-state index contributed by atoms with van der Waals surface area (Å²) in [6, 6.07) is -3.30. The highest BCUT2D eigenvalue weighted by atomic mass is 32.2. The van der Waals surface area contributed by atoms with Crippen LogP contribution >= 0.6 is 19.6 Å². The largest absolute Gasteiger partial charge is 0.481 e. The minimum Gasteiger partial charge on any atom is -0.481 e. The number of phosphoric acid groups is 1. The summed E-state index contributed by atoms with van der Waals surface area (Å²) in [6.07, 6.45) is -5.09. The van der Waals surface area contributed by atoms with Gasteiger partial charge in [-0.1, -0.05) is 32.1 Å². The molecule has 3 rings (SSSR count).